The number of ether oxygens (including phenoxy) is 3. The monoisotopic (exact) mass is 1200 g/mol. The van der Waals surface area contributed by atoms with E-state index >= 15 is 0 Å². The predicted molar refractivity (Wildman–Crippen MR) is 340 cm³/mol. The molecular formula is C70H72Cl4O9. The first-order chi connectivity index (χ1) is 39.3. The van der Waals surface area contributed by atoms with E-state index in [2.05, 4.69) is 13.0 Å². The van der Waals surface area contributed by atoms with Gasteiger partial charge in [-0.1, -0.05) is 167 Å². The number of hydrogen-bond acceptors (Lipinski definition) is 9. The zero-order chi connectivity index (χ0) is 61.1. The molecular weight excluding hydrogens is 1130 g/mol. The van der Waals surface area contributed by atoms with Crippen LogP contribution < -0.4 is 0 Å². The van der Waals surface area contributed by atoms with Crippen molar-refractivity contribution in [3.05, 3.63) is 216 Å². The molecule has 0 saturated heterocycles. The summed E-state index contributed by atoms with van der Waals surface area (Å²) < 4.78 is 17.2. The van der Waals surface area contributed by atoms with Gasteiger partial charge in [-0.2, -0.15) is 0 Å². The minimum absolute atomic E-state index is 0.00223. The highest BCUT2D eigenvalue weighted by Crippen LogP contribution is 2.46. The summed E-state index contributed by atoms with van der Waals surface area (Å²) >= 11 is 24.8. The molecule has 5 aliphatic heterocycles. The maximum absolute atomic E-state index is 13.1. The molecule has 0 aliphatic carbocycles. The number of ketones is 3. The number of carbonyl (C=O) groups is 3. The maximum atomic E-state index is 13.1. The van der Waals surface area contributed by atoms with Crippen LogP contribution in [0.1, 0.15) is 116 Å². The SMILES string of the molecule is CC.CC.CCc1ccc(-c2ccc(Cl)cc2)cc1C1=C(O)C2(C)C=CC(O2)C1=O.CCc1ccc(-c2ccccc2)cc1C1=C(O)C2(C)C=CC(O2)C1=O.Cc1ccc(-c2c(Cl)cc(Cl)cc2Cl)cc1C1=C(O)C(C)(C)OC(C)(C)C1=O. The molecule has 0 amide bonds. The van der Waals surface area contributed by atoms with Crippen molar-refractivity contribution < 1.29 is 43.9 Å². The molecule has 11 rings (SSSR count). The molecule has 5 aliphatic rings. The minimum atomic E-state index is -1.07. The molecule has 0 radical (unpaired) electrons. The molecule has 6 aromatic carbocycles. The fourth-order valence-corrected chi connectivity index (χ4v) is 11.9. The second-order valence-corrected chi connectivity index (χ2v) is 23.1. The molecule has 5 heterocycles. The number of fused-ring (bicyclic) bond motifs is 4. The summed E-state index contributed by atoms with van der Waals surface area (Å²) in [5.41, 5.74) is 7.60. The molecule has 4 atom stereocenters. The van der Waals surface area contributed by atoms with Crippen molar-refractivity contribution in [1.29, 1.82) is 0 Å². The Morgan fingerprint density at radius 3 is 1.35 bits per heavy atom. The van der Waals surface area contributed by atoms with Gasteiger partial charge in [0.2, 0.25) is 0 Å². The van der Waals surface area contributed by atoms with Crippen molar-refractivity contribution in [2.24, 2.45) is 0 Å². The lowest BCUT2D eigenvalue weighted by atomic mass is 9.81. The first-order valence-corrected chi connectivity index (χ1v) is 29.5. The lowest BCUT2D eigenvalue weighted by Crippen LogP contribution is -2.49. The fraction of sp³-hybridized carbons (Fsp3) is 0.300. The maximum Gasteiger partial charge on any atom is 0.199 e. The van der Waals surface area contributed by atoms with Crippen molar-refractivity contribution in [3.8, 4) is 33.4 Å². The van der Waals surface area contributed by atoms with E-state index in [1.165, 1.54) is 0 Å². The van der Waals surface area contributed by atoms with Gasteiger partial charge in [-0.3, -0.25) is 14.4 Å². The number of aryl methyl sites for hydroxylation is 3. The molecule has 0 saturated carbocycles. The van der Waals surface area contributed by atoms with Crippen LogP contribution in [-0.4, -0.2) is 67.3 Å². The number of aliphatic hydroxyl groups is 3. The van der Waals surface area contributed by atoms with Crippen LogP contribution >= 0.6 is 46.4 Å². The Balaban J connectivity index is 0.000000174. The van der Waals surface area contributed by atoms with E-state index in [1.807, 2.05) is 145 Å². The summed E-state index contributed by atoms with van der Waals surface area (Å²) in [4.78, 5) is 38.9. The van der Waals surface area contributed by atoms with Crippen LogP contribution in [0.2, 0.25) is 20.1 Å². The molecule has 13 heteroatoms. The molecule has 4 bridgehead atoms. The van der Waals surface area contributed by atoms with Gasteiger partial charge in [0.25, 0.3) is 0 Å². The Hall–Kier alpha value is -6.53. The zero-order valence-electron chi connectivity index (χ0n) is 49.2. The van der Waals surface area contributed by atoms with E-state index in [-0.39, 0.29) is 40.2 Å². The highest BCUT2D eigenvalue weighted by atomic mass is 35.5. The third-order valence-corrected chi connectivity index (χ3v) is 16.1. The van der Waals surface area contributed by atoms with E-state index in [0.29, 0.717) is 42.4 Å². The number of rotatable bonds is 8. The average Bonchev–Trinajstić information content (AvgIpc) is 4.31. The number of carbonyl (C=O) groups excluding carboxylic acids is 3. The quantitative estimate of drug-likeness (QED) is 0.127. The van der Waals surface area contributed by atoms with Crippen LogP contribution in [0.4, 0.5) is 0 Å². The highest BCUT2D eigenvalue weighted by molar-refractivity contribution is 6.42. The van der Waals surface area contributed by atoms with Gasteiger partial charge in [-0.05, 0) is 189 Å². The normalized spacial score (nSPS) is 21.5. The third-order valence-electron chi connectivity index (χ3n) is 15.0. The number of aliphatic hydroxyl groups excluding tert-OH is 3. The van der Waals surface area contributed by atoms with E-state index in [1.54, 1.807) is 78.0 Å². The molecule has 3 N–H and O–H groups in total. The molecule has 6 aromatic rings. The summed E-state index contributed by atoms with van der Waals surface area (Å²) in [7, 11) is 0. The fourth-order valence-electron chi connectivity index (χ4n) is 10.7. The Morgan fingerprint density at radius 1 is 0.470 bits per heavy atom. The van der Waals surface area contributed by atoms with Gasteiger partial charge in [-0.15, -0.1) is 0 Å². The largest absolute Gasteiger partial charge is 0.508 e. The van der Waals surface area contributed by atoms with Crippen molar-refractivity contribution in [1.82, 2.24) is 0 Å². The van der Waals surface area contributed by atoms with E-state index < -0.39 is 34.6 Å². The topological polar surface area (TPSA) is 140 Å². The molecule has 0 spiro atoms. The van der Waals surface area contributed by atoms with Crippen LogP contribution in [0, 0.1) is 6.92 Å². The summed E-state index contributed by atoms with van der Waals surface area (Å²) in [6.07, 6.45) is 7.28. The number of benzene rings is 6. The van der Waals surface area contributed by atoms with Gasteiger partial charge in [0, 0.05) is 15.6 Å². The van der Waals surface area contributed by atoms with Gasteiger partial charge in [0.05, 0.1) is 26.8 Å². The molecule has 9 nitrogen and oxygen atoms in total. The van der Waals surface area contributed by atoms with Crippen molar-refractivity contribution in [2.45, 2.75) is 137 Å². The first kappa shape index (κ1) is 64.0. The van der Waals surface area contributed by atoms with Crippen LogP contribution in [0.3, 0.4) is 0 Å². The summed E-state index contributed by atoms with van der Waals surface area (Å²) in [5.74, 6) is -0.763. The Labute approximate surface area is 508 Å². The van der Waals surface area contributed by atoms with Crippen LogP contribution in [0.5, 0.6) is 0 Å². The van der Waals surface area contributed by atoms with E-state index in [4.69, 9.17) is 60.6 Å². The third kappa shape index (κ3) is 12.8. The first-order valence-electron chi connectivity index (χ1n) is 28.0. The average molecular weight is 1200 g/mol. The summed E-state index contributed by atoms with van der Waals surface area (Å²) in [5, 5.41) is 34.4. The Kier molecular flexibility index (Phi) is 19.9. The van der Waals surface area contributed by atoms with Crippen LogP contribution in [0.15, 0.2) is 163 Å². The number of Topliss-reactive ketones (excluding diaryl/α,β-unsaturated/α-hetero) is 3. The van der Waals surface area contributed by atoms with Crippen molar-refractivity contribution in [2.75, 3.05) is 0 Å². The van der Waals surface area contributed by atoms with Gasteiger partial charge < -0.3 is 29.5 Å². The molecule has 0 aromatic heterocycles. The van der Waals surface area contributed by atoms with Crippen molar-refractivity contribution >= 4 is 80.5 Å². The standard InChI is InChI=1S/C22H21Cl3O3.C22H19ClO3.C22H20O3.2C2H6/c1-11-6-7-12(17-15(24)9-13(23)10-16(17)25)8-14(11)18-19(26)21(2,3)28-22(4,5)20(18)27;1-3-13-4-5-15(14-6-8-16(23)9-7-14)12-17(13)19-20(24)18-10-11-22(2,26-18)21(19)25;1-3-14-9-10-16(15-7-5-4-6-8-15)13-17(14)19-20(23)18-11-12-22(2,25-18)21(19)24;2*1-2/h6-10,26H,1-5H3;4-12,18,25H,3H2,1-2H3;4-13,18,24H,3H2,1-2H3;2*1-2H3. The van der Waals surface area contributed by atoms with Crippen LogP contribution in [-0.2, 0) is 41.4 Å². The number of halogens is 4. The lowest BCUT2D eigenvalue weighted by Gasteiger charge is -2.40. The zero-order valence-corrected chi connectivity index (χ0v) is 52.3. The van der Waals surface area contributed by atoms with E-state index in [9.17, 15) is 29.7 Å². The van der Waals surface area contributed by atoms with Gasteiger partial charge in [-0.25, -0.2) is 0 Å². The highest BCUT2D eigenvalue weighted by Gasteiger charge is 2.49. The lowest BCUT2D eigenvalue weighted by molar-refractivity contribution is -0.158. The number of hydrogen-bond donors (Lipinski definition) is 3. The Morgan fingerprint density at radius 2 is 0.892 bits per heavy atom. The summed E-state index contributed by atoms with van der Waals surface area (Å²) in [6.45, 7) is 24.4. The minimum Gasteiger partial charge on any atom is -0.508 e. The second-order valence-electron chi connectivity index (χ2n) is 21.5. The van der Waals surface area contributed by atoms with Gasteiger partial charge >= 0.3 is 0 Å². The summed E-state index contributed by atoms with van der Waals surface area (Å²) in [6, 6.07) is 38.5. The van der Waals surface area contributed by atoms with Gasteiger partial charge in [0.1, 0.15) is 51.9 Å². The van der Waals surface area contributed by atoms with E-state index in [0.717, 1.165) is 68.5 Å². The molecule has 4 unspecified atom stereocenters. The molecule has 0 fully saturated rings. The predicted octanol–water partition coefficient (Wildman–Crippen LogP) is 18.7. The Bertz CT molecular complexity index is 3620. The molecule has 434 valence electrons. The van der Waals surface area contributed by atoms with Crippen molar-refractivity contribution in [3.63, 3.8) is 0 Å². The van der Waals surface area contributed by atoms with Gasteiger partial charge in [0.15, 0.2) is 17.3 Å². The smallest absolute Gasteiger partial charge is 0.199 e. The molecule has 83 heavy (non-hydrogen) atoms. The van der Waals surface area contributed by atoms with Crippen LogP contribution in [0.25, 0.3) is 50.1 Å². The second kappa shape index (κ2) is 25.8.